The molecule has 156 valence electrons. The molecule has 2 rings (SSSR count). The van der Waals surface area contributed by atoms with Crippen molar-refractivity contribution in [2.24, 2.45) is 17.8 Å². The monoisotopic (exact) mass is 377 g/mol. The number of hydrogen-bond acceptors (Lipinski definition) is 3. The lowest BCUT2D eigenvalue weighted by molar-refractivity contribution is 0.139. The average molecular weight is 378 g/mol. The van der Waals surface area contributed by atoms with Crippen LogP contribution in [0.5, 0.6) is 0 Å². The van der Waals surface area contributed by atoms with Gasteiger partial charge in [-0.25, -0.2) is 0 Å². The van der Waals surface area contributed by atoms with Gasteiger partial charge < -0.3 is 15.1 Å². The molecule has 1 saturated carbocycles. The van der Waals surface area contributed by atoms with Gasteiger partial charge in [-0.2, -0.15) is 0 Å². The van der Waals surface area contributed by atoms with Crippen molar-refractivity contribution in [3.63, 3.8) is 0 Å². The minimum atomic E-state index is -0.348. The van der Waals surface area contributed by atoms with Gasteiger partial charge in [0.15, 0.2) is 0 Å². The Morgan fingerprint density at radius 3 is 2.67 bits per heavy atom. The van der Waals surface area contributed by atoms with Crippen molar-refractivity contribution in [1.29, 1.82) is 0 Å². The fourth-order valence-electron chi connectivity index (χ4n) is 4.88. The molecule has 0 aromatic rings. The van der Waals surface area contributed by atoms with Gasteiger partial charge in [-0.1, -0.05) is 62.8 Å². The lowest BCUT2D eigenvalue weighted by atomic mass is 9.88. The average Bonchev–Trinajstić information content (AvgIpc) is 3.12. The molecule has 0 aliphatic heterocycles. The van der Waals surface area contributed by atoms with E-state index in [0.29, 0.717) is 11.8 Å². The van der Waals surface area contributed by atoms with Crippen LogP contribution >= 0.6 is 0 Å². The highest BCUT2D eigenvalue weighted by Gasteiger charge is 2.43. The molecule has 0 unspecified atom stereocenters. The molecule has 5 atom stereocenters. The topological polar surface area (TPSA) is 43.7 Å². The molecule has 0 saturated heterocycles. The lowest BCUT2D eigenvalue weighted by Crippen LogP contribution is -2.18. The number of hydrogen-bond donors (Lipinski definition) is 2. The highest BCUT2D eigenvalue weighted by Crippen LogP contribution is 2.48. The molecule has 0 radical (unpaired) electrons. The van der Waals surface area contributed by atoms with E-state index in [1.165, 1.54) is 51.5 Å². The lowest BCUT2D eigenvalue weighted by Gasteiger charge is -2.19. The van der Waals surface area contributed by atoms with Gasteiger partial charge in [-0.3, -0.25) is 0 Å². The molecule has 1 fully saturated rings. The highest BCUT2D eigenvalue weighted by molar-refractivity contribution is 5.20. The first-order chi connectivity index (χ1) is 13.0. The predicted molar refractivity (Wildman–Crippen MR) is 115 cm³/mol. The number of nitrogens with zero attached hydrogens (tertiary/aromatic N) is 1. The van der Waals surface area contributed by atoms with Gasteiger partial charge in [-0.15, -0.1) is 0 Å². The third-order valence-corrected chi connectivity index (χ3v) is 6.46. The minimum absolute atomic E-state index is 0.227. The Morgan fingerprint density at radius 1 is 1.15 bits per heavy atom. The zero-order valence-electron chi connectivity index (χ0n) is 17.9. The predicted octanol–water partition coefficient (Wildman–Crippen LogP) is 4.94. The zero-order valence-corrected chi connectivity index (χ0v) is 17.9. The fraction of sp³-hybridized carbons (Fsp3) is 0.833. The van der Waals surface area contributed by atoms with E-state index in [1.54, 1.807) is 5.57 Å². The smallest absolute Gasteiger partial charge is 0.0721 e. The van der Waals surface area contributed by atoms with Crippen LogP contribution < -0.4 is 0 Å². The fourth-order valence-corrected chi connectivity index (χ4v) is 4.88. The molecule has 2 aliphatic rings. The number of aliphatic hydroxyl groups is 2. The molecule has 0 heterocycles. The Kier molecular flexibility index (Phi) is 10.1. The molecule has 0 aromatic heterocycles. The zero-order chi connectivity index (χ0) is 19.6. The third-order valence-electron chi connectivity index (χ3n) is 6.46. The van der Waals surface area contributed by atoms with Crippen molar-refractivity contribution in [2.45, 2.75) is 89.8 Å². The number of unbranched alkanes of at least 4 members (excludes halogenated alkanes) is 5. The first kappa shape index (κ1) is 22.6. The van der Waals surface area contributed by atoms with Gasteiger partial charge in [0.2, 0.25) is 0 Å². The van der Waals surface area contributed by atoms with E-state index in [2.05, 4.69) is 38.1 Å². The maximum Gasteiger partial charge on any atom is 0.0721 e. The number of rotatable bonds is 13. The molecular formula is C24H43NO2. The van der Waals surface area contributed by atoms with Gasteiger partial charge in [0.25, 0.3) is 0 Å². The third kappa shape index (κ3) is 7.71. The van der Waals surface area contributed by atoms with Crippen molar-refractivity contribution < 1.29 is 10.2 Å². The van der Waals surface area contributed by atoms with Crippen LogP contribution in [0.3, 0.4) is 0 Å². The van der Waals surface area contributed by atoms with Crippen LogP contribution in [0, 0.1) is 17.8 Å². The van der Waals surface area contributed by atoms with Crippen LogP contribution in [-0.4, -0.2) is 48.0 Å². The normalized spacial score (nSPS) is 28.9. The van der Waals surface area contributed by atoms with E-state index < -0.39 is 0 Å². The first-order valence-electron chi connectivity index (χ1n) is 11.4. The summed E-state index contributed by atoms with van der Waals surface area (Å²) in [4.78, 5) is 2.26. The molecule has 3 nitrogen and oxygen atoms in total. The molecule has 2 aliphatic carbocycles. The standard InChI is InChI=1S/C24H43NO2/c1-4-5-8-12-21(26)13-14-22-23-17-19(16-20(23)18-24(22)27)11-9-6-7-10-15-25(2)3/h13-14,16,20-24,26-27H,4-12,15,17-18H2,1-3H3/b14-13+/t20-,21-,22+,23-,24+/m0/s1. The number of aliphatic hydroxyl groups excluding tert-OH is 2. The van der Waals surface area contributed by atoms with E-state index in [1.807, 2.05) is 6.08 Å². The van der Waals surface area contributed by atoms with Crippen molar-refractivity contribution in [2.75, 3.05) is 20.6 Å². The summed E-state index contributed by atoms with van der Waals surface area (Å²) in [6.45, 7) is 3.38. The molecule has 0 aromatic carbocycles. The van der Waals surface area contributed by atoms with Crippen molar-refractivity contribution >= 4 is 0 Å². The summed E-state index contributed by atoms with van der Waals surface area (Å²) in [5.41, 5.74) is 1.62. The Labute approximate surface area is 167 Å². The summed E-state index contributed by atoms with van der Waals surface area (Å²) in [5.74, 6) is 1.34. The van der Waals surface area contributed by atoms with Gasteiger partial charge >= 0.3 is 0 Å². The maximum atomic E-state index is 10.5. The molecule has 0 amide bonds. The van der Waals surface area contributed by atoms with Crippen LogP contribution in [0.4, 0.5) is 0 Å². The van der Waals surface area contributed by atoms with E-state index in [0.717, 1.165) is 25.7 Å². The van der Waals surface area contributed by atoms with Crippen LogP contribution in [0.2, 0.25) is 0 Å². The van der Waals surface area contributed by atoms with E-state index >= 15 is 0 Å². The van der Waals surface area contributed by atoms with Crippen LogP contribution in [0.25, 0.3) is 0 Å². The van der Waals surface area contributed by atoms with E-state index in [9.17, 15) is 10.2 Å². The van der Waals surface area contributed by atoms with Gasteiger partial charge in [-0.05, 0) is 71.0 Å². The number of fused-ring (bicyclic) bond motifs is 1. The van der Waals surface area contributed by atoms with Crippen LogP contribution in [0.1, 0.15) is 77.6 Å². The van der Waals surface area contributed by atoms with E-state index in [4.69, 9.17) is 0 Å². The second-order valence-electron chi connectivity index (χ2n) is 9.15. The quantitative estimate of drug-likeness (QED) is 0.353. The summed E-state index contributed by atoms with van der Waals surface area (Å²) in [6.07, 6.45) is 18.8. The maximum absolute atomic E-state index is 10.5. The van der Waals surface area contributed by atoms with Crippen molar-refractivity contribution in [3.05, 3.63) is 23.8 Å². The summed E-state index contributed by atoms with van der Waals surface area (Å²) in [7, 11) is 4.29. The Balaban J connectivity index is 1.70. The Morgan fingerprint density at radius 2 is 1.93 bits per heavy atom. The second-order valence-corrected chi connectivity index (χ2v) is 9.15. The summed E-state index contributed by atoms with van der Waals surface area (Å²) in [5, 5.41) is 20.6. The minimum Gasteiger partial charge on any atom is -0.392 e. The van der Waals surface area contributed by atoms with Crippen molar-refractivity contribution in [3.8, 4) is 0 Å². The Bertz CT molecular complexity index is 471. The van der Waals surface area contributed by atoms with Gasteiger partial charge in [0.1, 0.15) is 0 Å². The SMILES string of the molecule is CCCCC[C@H](O)/C=C/[C@@H]1[C@H]2CC(CCCCCCN(C)C)=C[C@H]2C[C@H]1O. The second kappa shape index (κ2) is 12.0. The summed E-state index contributed by atoms with van der Waals surface area (Å²) < 4.78 is 0. The van der Waals surface area contributed by atoms with Crippen molar-refractivity contribution in [1.82, 2.24) is 4.90 Å². The first-order valence-corrected chi connectivity index (χ1v) is 11.4. The molecular weight excluding hydrogens is 334 g/mol. The highest BCUT2D eigenvalue weighted by atomic mass is 16.3. The van der Waals surface area contributed by atoms with Gasteiger partial charge in [0, 0.05) is 5.92 Å². The molecule has 3 heteroatoms. The summed E-state index contributed by atoms with van der Waals surface area (Å²) in [6, 6.07) is 0. The molecule has 0 bridgehead atoms. The summed E-state index contributed by atoms with van der Waals surface area (Å²) >= 11 is 0. The molecule has 27 heavy (non-hydrogen) atoms. The van der Waals surface area contributed by atoms with Crippen LogP contribution in [0.15, 0.2) is 23.8 Å². The van der Waals surface area contributed by atoms with Crippen LogP contribution in [-0.2, 0) is 0 Å². The van der Waals surface area contributed by atoms with E-state index in [-0.39, 0.29) is 18.1 Å². The largest absolute Gasteiger partial charge is 0.392 e. The number of allylic oxidation sites excluding steroid dienone is 2. The molecule has 0 spiro atoms. The van der Waals surface area contributed by atoms with Gasteiger partial charge in [0.05, 0.1) is 12.2 Å². The molecule has 2 N–H and O–H groups in total. The Hall–Kier alpha value is -0.640.